The van der Waals surface area contributed by atoms with Crippen molar-refractivity contribution in [2.24, 2.45) is 0 Å². The van der Waals surface area contributed by atoms with E-state index in [4.69, 9.17) is 4.43 Å². The Morgan fingerprint density at radius 1 is 1.50 bits per heavy atom. The molecule has 0 aromatic heterocycles. The number of ketones is 1. The van der Waals surface area contributed by atoms with Crippen molar-refractivity contribution in [1.29, 1.82) is 0 Å². The molecule has 14 heavy (non-hydrogen) atoms. The van der Waals surface area contributed by atoms with E-state index in [9.17, 15) is 4.79 Å². The molecule has 0 amide bonds. The molecule has 0 bridgehead atoms. The number of hydrogen-bond acceptors (Lipinski definition) is 2. The Kier molecular flexibility index (Phi) is 4.04. The van der Waals surface area contributed by atoms with Gasteiger partial charge >= 0.3 is 0 Å². The standard InChI is InChI=1S/C11H16O2Si/c1-3-11(12)10-7-5-4-6-9(10)8(2)13-14/h4-8H,3H2,1-2,14H3. The quantitative estimate of drug-likeness (QED) is 0.555. The van der Waals surface area contributed by atoms with Gasteiger partial charge < -0.3 is 4.43 Å². The molecule has 0 N–H and O–H groups in total. The van der Waals surface area contributed by atoms with Gasteiger partial charge in [0.15, 0.2) is 5.78 Å². The van der Waals surface area contributed by atoms with Crippen LogP contribution in [0.5, 0.6) is 0 Å². The second-order valence-corrected chi connectivity index (χ2v) is 3.71. The largest absolute Gasteiger partial charge is 0.421 e. The molecule has 0 heterocycles. The first-order valence-electron chi connectivity index (χ1n) is 4.85. The molecule has 0 aliphatic rings. The first kappa shape index (κ1) is 11.1. The van der Waals surface area contributed by atoms with Gasteiger partial charge in [-0.1, -0.05) is 31.2 Å². The minimum Gasteiger partial charge on any atom is -0.421 e. The van der Waals surface area contributed by atoms with Gasteiger partial charge in [0.25, 0.3) is 0 Å². The summed E-state index contributed by atoms with van der Waals surface area (Å²) in [5, 5.41) is 0. The molecule has 2 nitrogen and oxygen atoms in total. The van der Waals surface area contributed by atoms with Gasteiger partial charge in [-0.15, -0.1) is 0 Å². The monoisotopic (exact) mass is 208 g/mol. The van der Waals surface area contributed by atoms with Crippen LogP contribution in [0, 0.1) is 0 Å². The number of rotatable bonds is 4. The van der Waals surface area contributed by atoms with Crippen molar-refractivity contribution < 1.29 is 9.22 Å². The maximum Gasteiger partial charge on any atom is 0.162 e. The molecule has 1 aromatic carbocycles. The normalized spacial score (nSPS) is 12.7. The highest BCUT2D eigenvalue weighted by Crippen LogP contribution is 2.21. The number of carbonyl (C=O) groups is 1. The SMILES string of the molecule is CCC(=O)c1ccccc1C(C)O[SiH3]. The molecule has 0 fully saturated rings. The van der Waals surface area contributed by atoms with Gasteiger partial charge in [-0.2, -0.15) is 0 Å². The van der Waals surface area contributed by atoms with E-state index < -0.39 is 0 Å². The Balaban J connectivity index is 3.09. The molecule has 1 atom stereocenters. The molecule has 76 valence electrons. The summed E-state index contributed by atoms with van der Waals surface area (Å²) in [5.74, 6) is 0.186. The fourth-order valence-corrected chi connectivity index (χ4v) is 1.68. The van der Waals surface area contributed by atoms with Gasteiger partial charge in [-0.25, -0.2) is 0 Å². The van der Waals surface area contributed by atoms with Gasteiger partial charge in [-0.3, -0.25) is 4.79 Å². The minimum atomic E-state index is 0.0355. The summed E-state index contributed by atoms with van der Waals surface area (Å²) in [4.78, 5) is 11.6. The highest BCUT2D eigenvalue weighted by atomic mass is 28.2. The van der Waals surface area contributed by atoms with E-state index in [-0.39, 0.29) is 11.9 Å². The molecule has 1 rings (SSSR count). The Bertz CT molecular complexity index is 323. The van der Waals surface area contributed by atoms with Crippen LogP contribution in [0.15, 0.2) is 24.3 Å². The van der Waals surface area contributed by atoms with E-state index >= 15 is 0 Å². The smallest absolute Gasteiger partial charge is 0.162 e. The van der Waals surface area contributed by atoms with Crippen LogP contribution in [0.1, 0.15) is 42.3 Å². The second-order valence-electron chi connectivity index (χ2n) is 3.24. The zero-order valence-corrected chi connectivity index (χ0v) is 10.9. The average molecular weight is 208 g/mol. The minimum absolute atomic E-state index is 0.0355. The summed E-state index contributed by atoms with van der Waals surface area (Å²) in [6.45, 7) is 3.86. The van der Waals surface area contributed by atoms with Crippen LogP contribution >= 0.6 is 0 Å². The van der Waals surface area contributed by atoms with E-state index in [1.165, 1.54) is 0 Å². The Labute approximate surface area is 87.8 Å². The molecule has 3 heteroatoms. The molecule has 0 aliphatic heterocycles. The number of benzene rings is 1. The van der Waals surface area contributed by atoms with E-state index in [1.807, 2.05) is 38.1 Å². The van der Waals surface area contributed by atoms with Crippen LogP contribution in [0.4, 0.5) is 0 Å². The summed E-state index contributed by atoms with van der Waals surface area (Å²) < 4.78 is 5.36. The van der Waals surface area contributed by atoms with Crippen molar-refractivity contribution in [2.75, 3.05) is 0 Å². The molecule has 0 saturated carbocycles. The highest BCUT2D eigenvalue weighted by molar-refractivity contribution is 5.99. The Morgan fingerprint density at radius 2 is 2.14 bits per heavy atom. The second kappa shape index (κ2) is 5.07. The summed E-state index contributed by atoms with van der Waals surface area (Å²) in [6.07, 6.45) is 0.582. The molecule has 0 aliphatic carbocycles. The van der Waals surface area contributed by atoms with Gasteiger partial charge in [-0.05, 0) is 12.5 Å². The molecular formula is C11H16O2Si. The third kappa shape index (κ3) is 2.30. The highest BCUT2D eigenvalue weighted by Gasteiger charge is 2.12. The van der Waals surface area contributed by atoms with Gasteiger partial charge in [0.1, 0.15) is 10.5 Å². The number of hydrogen-bond donors (Lipinski definition) is 0. The van der Waals surface area contributed by atoms with E-state index in [0.717, 1.165) is 11.1 Å². The summed E-state index contributed by atoms with van der Waals surface area (Å²) in [6, 6.07) is 7.68. The fourth-order valence-electron chi connectivity index (χ4n) is 1.42. The van der Waals surface area contributed by atoms with Crippen molar-refractivity contribution in [3.63, 3.8) is 0 Å². The van der Waals surface area contributed by atoms with Crippen molar-refractivity contribution in [1.82, 2.24) is 0 Å². The van der Waals surface area contributed by atoms with Crippen LogP contribution in [-0.2, 0) is 4.43 Å². The van der Waals surface area contributed by atoms with Crippen molar-refractivity contribution >= 4 is 16.3 Å². The van der Waals surface area contributed by atoms with Crippen LogP contribution in [-0.4, -0.2) is 16.3 Å². The van der Waals surface area contributed by atoms with Crippen LogP contribution in [0.3, 0.4) is 0 Å². The molecule has 0 saturated heterocycles. The molecule has 0 radical (unpaired) electrons. The third-order valence-electron chi connectivity index (χ3n) is 2.37. The zero-order chi connectivity index (χ0) is 10.6. The lowest BCUT2D eigenvalue weighted by atomic mass is 9.99. The lowest BCUT2D eigenvalue weighted by Crippen LogP contribution is -2.06. The van der Waals surface area contributed by atoms with E-state index in [1.54, 1.807) is 0 Å². The first-order valence-corrected chi connectivity index (χ1v) is 5.67. The van der Waals surface area contributed by atoms with Crippen LogP contribution in [0.2, 0.25) is 0 Å². The molecule has 1 unspecified atom stereocenters. The number of Topliss-reactive ketones (excluding diaryl/α,β-unsaturated/α-hetero) is 1. The van der Waals surface area contributed by atoms with Gasteiger partial charge in [0.2, 0.25) is 0 Å². The van der Waals surface area contributed by atoms with Crippen molar-refractivity contribution in [2.45, 2.75) is 26.4 Å². The predicted octanol–water partition coefficient (Wildman–Crippen LogP) is 1.64. The zero-order valence-electron chi connectivity index (χ0n) is 8.91. The van der Waals surface area contributed by atoms with E-state index in [2.05, 4.69) is 0 Å². The topological polar surface area (TPSA) is 26.3 Å². The maximum absolute atomic E-state index is 11.6. The molecule has 1 aromatic rings. The fraction of sp³-hybridized carbons (Fsp3) is 0.364. The third-order valence-corrected chi connectivity index (χ3v) is 3.08. The molecular weight excluding hydrogens is 192 g/mol. The Morgan fingerprint density at radius 3 is 2.71 bits per heavy atom. The lowest BCUT2D eigenvalue weighted by Gasteiger charge is -2.14. The summed E-state index contributed by atoms with van der Waals surface area (Å²) in [7, 11) is 0.692. The van der Waals surface area contributed by atoms with E-state index in [0.29, 0.717) is 16.9 Å². The first-order chi connectivity index (χ1) is 6.70. The Hall–Kier alpha value is -0.933. The summed E-state index contributed by atoms with van der Waals surface area (Å²) >= 11 is 0. The molecule has 0 spiro atoms. The van der Waals surface area contributed by atoms with Crippen LogP contribution in [0.25, 0.3) is 0 Å². The van der Waals surface area contributed by atoms with Crippen molar-refractivity contribution in [3.8, 4) is 0 Å². The lowest BCUT2D eigenvalue weighted by molar-refractivity contribution is 0.0984. The predicted molar refractivity (Wildman–Crippen MR) is 60.5 cm³/mol. The number of carbonyl (C=O) groups excluding carboxylic acids is 1. The summed E-state index contributed by atoms with van der Waals surface area (Å²) in [5.41, 5.74) is 1.81. The average Bonchev–Trinajstić information content (AvgIpc) is 2.27. The van der Waals surface area contributed by atoms with Gasteiger partial charge in [0.05, 0.1) is 6.10 Å². The van der Waals surface area contributed by atoms with Crippen LogP contribution < -0.4 is 0 Å². The van der Waals surface area contributed by atoms with Crippen molar-refractivity contribution in [3.05, 3.63) is 35.4 Å². The van der Waals surface area contributed by atoms with Gasteiger partial charge in [0, 0.05) is 12.0 Å². The maximum atomic E-state index is 11.6.